The van der Waals surface area contributed by atoms with Gasteiger partial charge in [0.2, 0.25) is 0 Å². The minimum Gasteiger partial charge on any atom is -0.481 e. The van der Waals surface area contributed by atoms with E-state index in [-0.39, 0.29) is 23.6 Å². The number of carbonyl (C=O) groups excluding carboxylic acids is 1. The van der Waals surface area contributed by atoms with Crippen molar-refractivity contribution in [2.45, 2.75) is 26.7 Å². The summed E-state index contributed by atoms with van der Waals surface area (Å²) < 4.78 is 13.0. The van der Waals surface area contributed by atoms with Gasteiger partial charge in [0.25, 0.3) is 0 Å². The zero-order chi connectivity index (χ0) is 13.9. The third-order valence-electron chi connectivity index (χ3n) is 2.51. The van der Waals surface area contributed by atoms with E-state index in [1.807, 2.05) is 0 Å². The van der Waals surface area contributed by atoms with Crippen molar-refractivity contribution in [1.29, 1.82) is 0 Å². The molecule has 1 aromatic rings. The van der Waals surface area contributed by atoms with E-state index in [0.717, 1.165) is 6.07 Å². The predicted molar refractivity (Wildman–Crippen MR) is 66.4 cm³/mol. The molecule has 5 heteroatoms. The molecule has 0 fully saturated rings. The number of hydrogen-bond donors (Lipinski definition) is 1. The third kappa shape index (κ3) is 4.11. The first-order chi connectivity index (χ1) is 8.21. The van der Waals surface area contributed by atoms with Crippen LogP contribution in [0.3, 0.4) is 0 Å². The van der Waals surface area contributed by atoms with E-state index < -0.39 is 17.2 Å². The van der Waals surface area contributed by atoms with Crippen LogP contribution in [0.15, 0.2) is 18.2 Å². The minimum atomic E-state index is -0.954. The van der Waals surface area contributed by atoms with Gasteiger partial charge in [0.1, 0.15) is 5.82 Å². The summed E-state index contributed by atoms with van der Waals surface area (Å²) in [5.74, 6) is -1.79. The molecule has 0 saturated carbocycles. The molecule has 0 atom stereocenters. The maximum absolute atomic E-state index is 13.0. The van der Waals surface area contributed by atoms with Gasteiger partial charge in [-0.1, -0.05) is 25.4 Å². The second-order valence-corrected chi connectivity index (χ2v) is 5.37. The summed E-state index contributed by atoms with van der Waals surface area (Å²) in [5.41, 5.74) is -0.357. The maximum Gasteiger partial charge on any atom is 0.303 e. The molecule has 18 heavy (non-hydrogen) atoms. The van der Waals surface area contributed by atoms with Crippen LogP contribution in [-0.2, 0) is 4.79 Å². The fourth-order valence-corrected chi connectivity index (χ4v) is 1.86. The highest BCUT2D eigenvalue weighted by molar-refractivity contribution is 6.31. The molecule has 0 unspecified atom stereocenters. The number of benzene rings is 1. The SMILES string of the molecule is CC(C)(CC(=O)O)CC(=O)c1ccc(F)c(Cl)c1. The van der Waals surface area contributed by atoms with Crippen molar-refractivity contribution in [1.82, 2.24) is 0 Å². The van der Waals surface area contributed by atoms with Crippen LogP contribution in [0.25, 0.3) is 0 Å². The first-order valence-corrected chi connectivity index (χ1v) is 5.79. The van der Waals surface area contributed by atoms with E-state index >= 15 is 0 Å². The van der Waals surface area contributed by atoms with Gasteiger partial charge in [-0.05, 0) is 23.6 Å². The van der Waals surface area contributed by atoms with Crippen LogP contribution >= 0.6 is 11.6 Å². The number of rotatable bonds is 5. The number of Topliss-reactive ketones (excluding diaryl/α,β-unsaturated/α-hetero) is 1. The quantitative estimate of drug-likeness (QED) is 0.834. The Morgan fingerprint density at radius 3 is 2.44 bits per heavy atom. The van der Waals surface area contributed by atoms with Crippen LogP contribution in [0.4, 0.5) is 4.39 Å². The molecule has 3 nitrogen and oxygen atoms in total. The van der Waals surface area contributed by atoms with Crippen molar-refractivity contribution in [3.8, 4) is 0 Å². The number of halogens is 2. The summed E-state index contributed by atoms with van der Waals surface area (Å²) in [6.45, 7) is 3.40. The summed E-state index contributed by atoms with van der Waals surface area (Å²) in [4.78, 5) is 22.6. The second-order valence-electron chi connectivity index (χ2n) is 4.96. The van der Waals surface area contributed by atoms with Crippen LogP contribution in [0.1, 0.15) is 37.0 Å². The second kappa shape index (κ2) is 5.48. The first-order valence-electron chi connectivity index (χ1n) is 5.41. The number of carboxylic acids is 1. The van der Waals surface area contributed by atoms with Crippen LogP contribution in [0.5, 0.6) is 0 Å². The molecule has 0 spiro atoms. The van der Waals surface area contributed by atoms with E-state index in [1.165, 1.54) is 12.1 Å². The van der Waals surface area contributed by atoms with Crippen molar-refractivity contribution in [2.24, 2.45) is 5.41 Å². The van der Waals surface area contributed by atoms with Gasteiger partial charge in [-0.3, -0.25) is 9.59 Å². The van der Waals surface area contributed by atoms with Gasteiger partial charge in [0.05, 0.1) is 11.4 Å². The lowest BCUT2D eigenvalue weighted by atomic mass is 9.82. The molecule has 0 aliphatic rings. The average molecular weight is 273 g/mol. The monoisotopic (exact) mass is 272 g/mol. The lowest BCUT2D eigenvalue weighted by molar-refractivity contribution is -0.139. The van der Waals surface area contributed by atoms with Crippen molar-refractivity contribution >= 4 is 23.4 Å². The lowest BCUT2D eigenvalue weighted by Crippen LogP contribution is -2.21. The molecule has 1 aromatic carbocycles. The molecule has 0 aromatic heterocycles. The standard InChI is InChI=1S/C13H14ClFO3/c1-13(2,7-12(17)18)6-11(16)8-3-4-10(15)9(14)5-8/h3-5H,6-7H2,1-2H3,(H,17,18). The average Bonchev–Trinajstić information content (AvgIpc) is 2.19. The Bertz CT molecular complexity index is 483. The van der Waals surface area contributed by atoms with E-state index in [2.05, 4.69) is 0 Å². The molecule has 0 bridgehead atoms. The molecule has 0 aliphatic heterocycles. The van der Waals surface area contributed by atoms with Gasteiger partial charge in [0, 0.05) is 12.0 Å². The fraction of sp³-hybridized carbons (Fsp3) is 0.385. The molecule has 0 aliphatic carbocycles. The van der Waals surface area contributed by atoms with Crippen LogP contribution in [0.2, 0.25) is 5.02 Å². The smallest absolute Gasteiger partial charge is 0.303 e. The Labute approximate surface area is 110 Å². The van der Waals surface area contributed by atoms with Crippen molar-refractivity contribution in [2.75, 3.05) is 0 Å². The molecule has 0 heterocycles. The summed E-state index contributed by atoms with van der Waals surface area (Å²) >= 11 is 5.59. The highest BCUT2D eigenvalue weighted by Crippen LogP contribution is 2.28. The Hall–Kier alpha value is -1.42. The molecule has 0 amide bonds. The number of ketones is 1. The van der Waals surface area contributed by atoms with Crippen LogP contribution < -0.4 is 0 Å². The maximum atomic E-state index is 13.0. The molecule has 98 valence electrons. The van der Waals surface area contributed by atoms with E-state index in [4.69, 9.17) is 16.7 Å². The normalized spacial score (nSPS) is 11.3. The summed E-state index contributed by atoms with van der Waals surface area (Å²) in [5, 5.41) is 8.62. The number of carbonyl (C=O) groups is 2. The Balaban J connectivity index is 2.82. The summed E-state index contributed by atoms with van der Waals surface area (Å²) in [7, 11) is 0. The van der Waals surface area contributed by atoms with E-state index in [9.17, 15) is 14.0 Å². The number of aliphatic carboxylic acids is 1. The molecule has 0 saturated heterocycles. The Morgan fingerprint density at radius 1 is 1.33 bits per heavy atom. The van der Waals surface area contributed by atoms with Crippen LogP contribution in [-0.4, -0.2) is 16.9 Å². The molecule has 1 N–H and O–H groups in total. The van der Waals surface area contributed by atoms with Gasteiger partial charge < -0.3 is 5.11 Å². The van der Waals surface area contributed by atoms with Gasteiger partial charge in [-0.15, -0.1) is 0 Å². The highest BCUT2D eigenvalue weighted by Gasteiger charge is 2.25. The van der Waals surface area contributed by atoms with Crippen molar-refractivity contribution < 1.29 is 19.1 Å². The summed E-state index contributed by atoms with van der Waals surface area (Å²) in [6.07, 6.45) is -0.0328. The fourth-order valence-electron chi connectivity index (χ4n) is 1.68. The summed E-state index contributed by atoms with van der Waals surface area (Å²) in [6, 6.07) is 3.73. The topological polar surface area (TPSA) is 54.4 Å². The largest absolute Gasteiger partial charge is 0.481 e. The first kappa shape index (κ1) is 14.6. The highest BCUT2D eigenvalue weighted by atomic mass is 35.5. The number of carboxylic acid groups (broad SMARTS) is 1. The Kier molecular flexibility index (Phi) is 4.46. The van der Waals surface area contributed by atoms with Crippen molar-refractivity contribution in [3.05, 3.63) is 34.6 Å². The Morgan fingerprint density at radius 2 is 1.94 bits per heavy atom. The van der Waals surface area contributed by atoms with Gasteiger partial charge >= 0.3 is 5.97 Å². The molecular weight excluding hydrogens is 259 g/mol. The van der Waals surface area contributed by atoms with Crippen molar-refractivity contribution in [3.63, 3.8) is 0 Å². The number of hydrogen-bond acceptors (Lipinski definition) is 2. The predicted octanol–water partition coefficient (Wildman–Crippen LogP) is 3.55. The molecule has 0 radical (unpaired) electrons. The molecular formula is C13H14ClFO3. The lowest BCUT2D eigenvalue weighted by Gasteiger charge is -2.21. The van der Waals surface area contributed by atoms with E-state index in [0.29, 0.717) is 5.56 Å². The van der Waals surface area contributed by atoms with Gasteiger partial charge in [-0.25, -0.2) is 4.39 Å². The minimum absolute atomic E-state index is 0.0707. The zero-order valence-corrected chi connectivity index (χ0v) is 10.9. The van der Waals surface area contributed by atoms with Gasteiger partial charge in [0.15, 0.2) is 5.78 Å². The molecule has 1 rings (SSSR count). The van der Waals surface area contributed by atoms with E-state index in [1.54, 1.807) is 13.8 Å². The van der Waals surface area contributed by atoms with Crippen LogP contribution in [0, 0.1) is 11.2 Å². The zero-order valence-electron chi connectivity index (χ0n) is 10.2. The third-order valence-corrected chi connectivity index (χ3v) is 2.80. The van der Waals surface area contributed by atoms with Gasteiger partial charge in [-0.2, -0.15) is 0 Å².